The van der Waals surface area contributed by atoms with E-state index in [9.17, 15) is 4.79 Å². The van der Waals surface area contributed by atoms with Crippen molar-refractivity contribution in [3.05, 3.63) is 65.2 Å². The first kappa shape index (κ1) is 15.1. The van der Waals surface area contributed by atoms with Crippen LogP contribution in [0.1, 0.15) is 40.9 Å². The maximum atomic E-state index is 11.7. The van der Waals surface area contributed by atoms with Crippen molar-refractivity contribution in [3.8, 4) is 0 Å². The number of carbonyl (C=O) groups is 1. The quantitative estimate of drug-likeness (QED) is 0.872. The fraction of sp³-hybridized carbons (Fsp3) is 0.278. The molecule has 0 saturated heterocycles. The van der Waals surface area contributed by atoms with Gasteiger partial charge in [0.25, 0.3) is 5.91 Å². The predicted molar refractivity (Wildman–Crippen MR) is 87.7 cm³/mol. The minimum Gasteiger partial charge on any atom is -0.378 e. The third-order valence-electron chi connectivity index (χ3n) is 3.58. The molecule has 2 aromatic carbocycles. The molecule has 0 bridgehead atoms. The van der Waals surface area contributed by atoms with Gasteiger partial charge in [0.15, 0.2) is 0 Å². The molecule has 1 unspecified atom stereocenters. The van der Waals surface area contributed by atoms with E-state index < -0.39 is 0 Å². The highest BCUT2D eigenvalue weighted by atomic mass is 16.1. The van der Waals surface area contributed by atoms with Gasteiger partial charge in [-0.2, -0.15) is 0 Å². The van der Waals surface area contributed by atoms with Crippen LogP contribution in [0, 0.1) is 6.92 Å². The lowest BCUT2D eigenvalue weighted by Gasteiger charge is -2.19. The van der Waals surface area contributed by atoms with Gasteiger partial charge in [0.05, 0.1) is 6.04 Å². The van der Waals surface area contributed by atoms with E-state index in [1.54, 1.807) is 7.05 Å². The van der Waals surface area contributed by atoms with Gasteiger partial charge in [-0.1, -0.05) is 42.8 Å². The first-order valence-corrected chi connectivity index (χ1v) is 7.29. The van der Waals surface area contributed by atoms with Crippen LogP contribution >= 0.6 is 0 Å². The SMILES string of the molecule is CCC(Nc1cccc(C(=O)NC)c1)c1ccc(C)cc1. The second-order valence-corrected chi connectivity index (χ2v) is 5.18. The summed E-state index contributed by atoms with van der Waals surface area (Å²) in [4.78, 5) is 11.7. The monoisotopic (exact) mass is 282 g/mol. The zero-order chi connectivity index (χ0) is 15.2. The Morgan fingerprint density at radius 1 is 1.14 bits per heavy atom. The van der Waals surface area contributed by atoms with Gasteiger partial charge in [-0.25, -0.2) is 0 Å². The average molecular weight is 282 g/mol. The minimum absolute atomic E-state index is 0.0676. The molecule has 2 aromatic rings. The maximum absolute atomic E-state index is 11.7. The van der Waals surface area contributed by atoms with E-state index in [2.05, 4.69) is 48.7 Å². The molecule has 1 atom stereocenters. The normalized spacial score (nSPS) is 11.8. The lowest BCUT2D eigenvalue weighted by Crippen LogP contribution is -2.18. The van der Waals surface area contributed by atoms with Crippen LogP contribution in [0.25, 0.3) is 0 Å². The van der Waals surface area contributed by atoms with E-state index in [4.69, 9.17) is 0 Å². The summed E-state index contributed by atoms with van der Waals surface area (Å²) in [6.07, 6.45) is 0.979. The molecule has 0 aromatic heterocycles. The molecule has 3 heteroatoms. The smallest absolute Gasteiger partial charge is 0.251 e. The number of benzene rings is 2. The van der Waals surface area contributed by atoms with Gasteiger partial charge < -0.3 is 10.6 Å². The van der Waals surface area contributed by atoms with Crippen LogP contribution in [0.15, 0.2) is 48.5 Å². The van der Waals surface area contributed by atoms with E-state index >= 15 is 0 Å². The van der Waals surface area contributed by atoms with E-state index in [-0.39, 0.29) is 11.9 Å². The minimum atomic E-state index is -0.0676. The molecule has 1 amide bonds. The standard InChI is InChI=1S/C18H22N2O/c1-4-17(14-10-8-13(2)9-11-14)20-16-7-5-6-15(12-16)18(21)19-3/h5-12,17,20H,4H2,1-3H3,(H,19,21). The highest BCUT2D eigenvalue weighted by Crippen LogP contribution is 2.23. The van der Waals surface area contributed by atoms with E-state index in [1.807, 2.05) is 24.3 Å². The number of amides is 1. The van der Waals surface area contributed by atoms with Gasteiger partial charge in [0, 0.05) is 18.3 Å². The first-order chi connectivity index (χ1) is 10.1. The number of carbonyl (C=O) groups excluding carboxylic acids is 1. The highest BCUT2D eigenvalue weighted by Gasteiger charge is 2.10. The Kier molecular flexibility index (Phi) is 4.99. The topological polar surface area (TPSA) is 41.1 Å². The van der Waals surface area contributed by atoms with Gasteiger partial charge in [0.2, 0.25) is 0 Å². The van der Waals surface area contributed by atoms with Gasteiger partial charge in [-0.15, -0.1) is 0 Å². The molecule has 0 aliphatic rings. The van der Waals surface area contributed by atoms with Crippen molar-refractivity contribution in [3.63, 3.8) is 0 Å². The Labute approximate surface area is 126 Å². The Morgan fingerprint density at radius 2 is 1.86 bits per heavy atom. The molecule has 0 saturated carbocycles. The van der Waals surface area contributed by atoms with Crippen molar-refractivity contribution >= 4 is 11.6 Å². The van der Waals surface area contributed by atoms with Crippen molar-refractivity contribution in [1.82, 2.24) is 5.32 Å². The van der Waals surface area contributed by atoms with Crippen molar-refractivity contribution in [1.29, 1.82) is 0 Å². The zero-order valence-corrected chi connectivity index (χ0v) is 12.8. The second kappa shape index (κ2) is 6.93. The Bertz CT molecular complexity index is 605. The molecule has 110 valence electrons. The molecule has 0 radical (unpaired) electrons. The summed E-state index contributed by atoms with van der Waals surface area (Å²) >= 11 is 0. The Hall–Kier alpha value is -2.29. The zero-order valence-electron chi connectivity index (χ0n) is 12.8. The molecule has 0 aliphatic heterocycles. The van der Waals surface area contributed by atoms with Gasteiger partial charge in [-0.05, 0) is 37.1 Å². The summed E-state index contributed by atoms with van der Waals surface area (Å²) in [6, 6.07) is 16.4. The number of anilines is 1. The Morgan fingerprint density at radius 3 is 2.48 bits per heavy atom. The summed E-state index contributed by atoms with van der Waals surface area (Å²) in [7, 11) is 1.64. The van der Waals surface area contributed by atoms with Gasteiger partial charge in [0.1, 0.15) is 0 Å². The van der Waals surface area contributed by atoms with Crippen molar-refractivity contribution in [2.75, 3.05) is 12.4 Å². The molecule has 2 rings (SSSR count). The molecule has 3 nitrogen and oxygen atoms in total. The average Bonchev–Trinajstić information content (AvgIpc) is 2.53. The van der Waals surface area contributed by atoms with Gasteiger partial charge in [-0.3, -0.25) is 4.79 Å². The van der Waals surface area contributed by atoms with Crippen molar-refractivity contribution < 1.29 is 4.79 Å². The Balaban J connectivity index is 2.18. The number of hydrogen-bond donors (Lipinski definition) is 2. The molecule has 2 N–H and O–H groups in total. The van der Waals surface area contributed by atoms with Crippen LogP contribution in [0.5, 0.6) is 0 Å². The van der Waals surface area contributed by atoms with Crippen LogP contribution in [-0.2, 0) is 0 Å². The van der Waals surface area contributed by atoms with Crippen LogP contribution < -0.4 is 10.6 Å². The van der Waals surface area contributed by atoms with Gasteiger partial charge >= 0.3 is 0 Å². The number of hydrogen-bond acceptors (Lipinski definition) is 2. The summed E-state index contributed by atoms with van der Waals surface area (Å²) in [5, 5.41) is 6.15. The molecule has 0 spiro atoms. The van der Waals surface area contributed by atoms with E-state index in [1.165, 1.54) is 11.1 Å². The fourth-order valence-corrected chi connectivity index (χ4v) is 2.32. The maximum Gasteiger partial charge on any atom is 0.251 e. The van der Waals surface area contributed by atoms with Crippen molar-refractivity contribution in [2.24, 2.45) is 0 Å². The van der Waals surface area contributed by atoms with Crippen LogP contribution in [0.2, 0.25) is 0 Å². The molecular weight excluding hydrogens is 260 g/mol. The first-order valence-electron chi connectivity index (χ1n) is 7.29. The third kappa shape index (κ3) is 3.85. The molecule has 0 heterocycles. The summed E-state index contributed by atoms with van der Waals surface area (Å²) < 4.78 is 0. The summed E-state index contributed by atoms with van der Waals surface area (Å²) in [6.45, 7) is 4.24. The summed E-state index contributed by atoms with van der Waals surface area (Å²) in [5.74, 6) is -0.0676. The molecule has 21 heavy (non-hydrogen) atoms. The van der Waals surface area contributed by atoms with E-state index in [0.717, 1.165) is 12.1 Å². The lowest BCUT2D eigenvalue weighted by molar-refractivity contribution is 0.0963. The fourth-order valence-electron chi connectivity index (χ4n) is 2.32. The van der Waals surface area contributed by atoms with Crippen molar-refractivity contribution in [2.45, 2.75) is 26.3 Å². The number of nitrogens with one attached hydrogen (secondary N) is 2. The summed E-state index contributed by atoms with van der Waals surface area (Å²) in [5.41, 5.74) is 4.15. The molecular formula is C18H22N2O. The predicted octanol–water partition coefficient (Wildman–Crippen LogP) is 3.92. The lowest BCUT2D eigenvalue weighted by atomic mass is 10.0. The van der Waals surface area contributed by atoms with Crippen LogP contribution in [0.3, 0.4) is 0 Å². The van der Waals surface area contributed by atoms with Crippen LogP contribution in [0.4, 0.5) is 5.69 Å². The van der Waals surface area contributed by atoms with Crippen LogP contribution in [-0.4, -0.2) is 13.0 Å². The van der Waals surface area contributed by atoms with E-state index in [0.29, 0.717) is 5.56 Å². The number of rotatable bonds is 5. The number of aryl methyl sites for hydroxylation is 1. The largest absolute Gasteiger partial charge is 0.378 e. The third-order valence-corrected chi connectivity index (χ3v) is 3.58. The molecule has 0 aliphatic carbocycles. The molecule has 0 fully saturated rings. The second-order valence-electron chi connectivity index (χ2n) is 5.18. The highest BCUT2D eigenvalue weighted by molar-refractivity contribution is 5.94.